The zero-order valence-electron chi connectivity index (χ0n) is 12.6. The molecule has 0 fully saturated rings. The summed E-state index contributed by atoms with van der Waals surface area (Å²) in [7, 11) is 2.04. The highest BCUT2D eigenvalue weighted by Gasteiger charge is 2.05. The fourth-order valence-corrected chi connectivity index (χ4v) is 2.54. The van der Waals surface area contributed by atoms with Crippen LogP contribution in [0.15, 0.2) is 42.9 Å². The molecule has 4 heteroatoms. The first-order chi connectivity index (χ1) is 10.3. The summed E-state index contributed by atoms with van der Waals surface area (Å²) in [4.78, 5) is 4.37. The smallest absolute Gasteiger partial charge is 0.120 e. The zero-order chi connectivity index (χ0) is 14.7. The molecule has 0 saturated heterocycles. The highest BCUT2D eigenvalue weighted by atomic mass is 16.5. The van der Waals surface area contributed by atoms with Crippen molar-refractivity contribution in [3.05, 3.63) is 48.7 Å². The van der Waals surface area contributed by atoms with Crippen molar-refractivity contribution in [3.63, 3.8) is 0 Å². The number of aromatic nitrogens is 3. The first kappa shape index (κ1) is 13.7. The molecule has 21 heavy (non-hydrogen) atoms. The topological polar surface area (TPSA) is 32.0 Å². The first-order valence-corrected chi connectivity index (χ1v) is 7.46. The van der Waals surface area contributed by atoms with Crippen molar-refractivity contribution in [1.82, 2.24) is 14.1 Å². The van der Waals surface area contributed by atoms with Crippen LogP contribution in [0.3, 0.4) is 0 Å². The van der Waals surface area contributed by atoms with Crippen LogP contribution >= 0.6 is 0 Å². The predicted octanol–water partition coefficient (Wildman–Crippen LogP) is 3.41. The number of hydrogen-bond acceptors (Lipinski definition) is 2. The lowest BCUT2D eigenvalue weighted by Crippen LogP contribution is -2.04. The van der Waals surface area contributed by atoms with Gasteiger partial charge in [-0.15, -0.1) is 0 Å². The Balaban J connectivity index is 1.76. The summed E-state index contributed by atoms with van der Waals surface area (Å²) >= 11 is 0. The van der Waals surface area contributed by atoms with Gasteiger partial charge in [0.15, 0.2) is 0 Å². The molecule has 0 aliphatic carbocycles. The lowest BCUT2D eigenvalue weighted by atomic mass is 10.2. The van der Waals surface area contributed by atoms with Crippen molar-refractivity contribution in [1.29, 1.82) is 0 Å². The van der Waals surface area contributed by atoms with Crippen LogP contribution in [0.25, 0.3) is 10.9 Å². The van der Waals surface area contributed by atoms with Gasteiger partial charge in [0.1, 0.15) is 11.6 Å². The second-order valence-corrected chi connectivity index (χ2v) is 5.28. The van der Waals surface area contributed by atoms with Crippen molar-refractivity contribution in [2.24, 2.45) is 7.05 Å². The van der Waals surface area contributed by atoms with E-state index in [2.05, 4.69) is 51.5 Å². The summed E-state index contributed by atoms with van der Waals surface area (Å²) in [5, 5.41) is 1.23. The molecule has 110 valence electrons. The minimum Gasteiger partial charge on any atom is -0.494 e. The van der Waals surface area contributed by atoms with Gasteiger partial charge in [-0.2, -0.15) is 0 Å². The lowest BCUT2D eigenvalue weighted by molar-refractivity contribution is 0.318. The Morgan fingerprint density at radius 2 is 2.10 bits per heavy atom. The Morgan fingerprint density at radius 3 is 2.86 bits per heavy atom. The quantitative estimate of drug-likeness (QED) is 0.694. The van der Waals surface area contributed by atoms with Crippen LogP contribution in [0.5, 0.6) is 5.75 Å². The number of aryl methyl sites for hydroxylation is 3. The van der Waals surface area contributed by atoms with Crippen molar-refractivity contribution in [2.75, 3.05) is 6.61 Å². The normalized spacial score (nSPS) is 11.1. The van der Waals surface area contributed by atoms with Crippen molar-refractivity contribution >= 4 is 10.9 Å². The van der Waals surface area contributed by atoms with Crippen LogP contribution in [0.2, 0.25) is 0 Å². The van der Waals surface area contributed by atoms with Crippen molar-refractivity contribution < 1.29 is 4.74 Å². The Labute approximate surface area is 125 Å². The average Bonchev–Trinajstić information content (AvgIpc) is 3.08. The SMILES string of the molecule is CCCOc1ccc2c(ccn2CCc2nccn2C)c1. The molecule has 2 aromatic heterocycles. The zero-order valence-corrected chi connectivity index (χ0v) is 12.6. The second-order valence-electron chi connectivity index (χ2n) is 5.28. The molecule has 1 aromatic carbocycles. The highest BCUT2D eigenvalue weighted by Crippen LogP contribution is 2.22. The van der Waals surface area contributed by atoms with E-state index in [-0.39, 0.29) is 0 Å². The lowest BCUT2D eigenvalue weighted by Gasteiger charge is -2.07. The van der Waals surface area contributed by atoms with Crippen LogP contribution in [0.4, 0.5) is 0 Å². The molecular formula is C17H21N3O. The van der Waals surface area contributed by atoms with Crippen LogP contribution in [-0.4, -0.2) is 20.7 Å². The van der Waals surface area contributed by atoms with Gasteiger partial charge in [-0.3, -0.25) is 0 Å². The summed E-state index contributed by atoms with van der Waals surface area (Å²) in [5.41, 5.74) is 1.24. The molecule has 3 aromatic rings. The number of rotatable bonds is 6. The molecule has 0 amide bonds. The Bertz CT molecular complexity index is 727. The van der Waals surface area contributed by atoms with Crippen molar-refractivity contribution in [3.8, 4) is 5.75 Å². The maximum absolute atomic E-state index is 5.68. The molecule has 4 nitrogen and oxygen atoms in total. The number of hydrogen-bond donors (Lipinski definition) is 0. The molecular weight excluding hydrogens is 262 g/mol. The van der Waals surface area contributed by atoms with E-state index < -0.39 is 0 Å². The molecule has 0 atom stereocenters. The number of fused-ring (bicyclic) bond motifs is 1. The minimum absolute atomic E-state index is 0.769. The van der Waals surface area contributed by atoms with E-state index in [1.165, 1.54) is 10.9 Å². The summed E-state index contributed by atoms with van der Waals surface area (Å²) in [5.74, 6) is 2.06. The van der Waals surface area contributed by atoms with E-state index in [4.69, 9.17) is 4.74 Å². The number of imidazole rings is 1. The van der Waals surface area contributed by atoms with Gasteiger partial charge in [0.2, 0.25) is 0 Å². The molecule has 0 aliphatic rings. The number of nitrogens with zero attached hydrogens (tertiary/aromatic N) is 3. The van der Waals surface area contributed by atoms with E-state index >= 15 is 0 Å². The fraction of sp³-hybridized carbons (Fsp3) is 0.353. The maximum atomic E-state index is 5.68. The van der Waals surface area contributed by atoms with Gasteiger partial charge in [-0.25, -0.2) is 4.98 Å². The van der Waals surface area contributed by atoms with E-state index in [1.54, 1.807) is 0 Å². The minimum atomic E-state index is 0.769. The Hall–Kier alpha value is -2.23. The average molecular weight is 283 g/mol. The van der Waals surface area contributed by atoms with Crippen LogP contribution in [0.1, 0.15) is 19.2 Å². The van der Waals surface area contributed by atoms with Gasteiger partial charge in [-0.05, 0) is 30.7 Å². The van der Waals surface area contributed by atoms with Gasteiger partial charge < -0.3 is 13.9 Å². The van der Waals surface area contributed by atoms with Gasteiger partial charge >= 0.3 is 0 Å². The third kappa shape index (κ3) is 2.94. The molecule has 0 bridgehead atoms. The summed E-state index contributed by atoms with van der Waals surface area (Å²) in [6.07, 6.45) is 7.93. The van der Waals surface area contributed by atoms with Crippen LogP contribution in [0, 0.1) is 0 Å². The summed E-state index contributed by atoms with van der Waals surface area (Å²) < 4.78 is 10.0. The maximum Gasteiger partial charge on any atom is 0.120 e. The third-order valence-corrected chi connectivity index (χ3v) is 3.71. The summed E-state index contributed by atoms with van der Waals surface area (Å²) in [6, 6.07) is 8.45. The molecule has 0 unspecified atom stereocenters. The molecule has 0 aliphatic heterocycles. The van der Waals surface area contributed by atoms with E-state index in [0.29, 0.717) is 0 Å². The van der Waals surface area contributed by atoms with E-state index in [0.717, 1.165) is 37.6 Å². The van der Waals surface area contributed by atoms with Gasteiger partial charge in [0.25, 0.3) is 0 Å². The monoisotopic (exact) mass is 283 g/mol. The second kappa shape index (κ2) is 6.04. The highest BCUT2D eigenvalue weighted by molar-refractivity contribution is 5.81. The van der Waals surface area contributed by atoms with E-state index in [9.17, 15) is 0 Å². The largest absolute Gasteiger partial charge is 0.494 e. The van der Waals surface area contributed by atoms with Gasteiger partial charge in [0, 0.05) is 49.5 Å². The molecule has 2 heterocycles. The number of benzene rings is 1. The summed E-state index contributed by atoms with van der Waals surface area (Å²) in [6.45, 7) is 3.82. The van der Waals surface area contributed by atoms with Crippen molar-refractivity contribution in [2.45, 2.75) is 26.3 Å². The molecule has 0 spiro atoms. The molecule has 0 N–H and O–H groups in total. The fourth-order valence-electron chi connectivity index (χ4n) is 2.54. The Kier molecular flexibility index (Phi) is 3.95. The van der Waals surface area contributed by atoms with Gasteiger partial charge in [-0.1, -0.05) is 6.92 Å². The van der Waals surface area contributed by atoms with E-state index in [1.807, 2.05) is 19.4 Å². The van der Waals surface area contributed by atoms with Gasteiger partial charge in [0.05, 0.1) is 6.61 Å². The molecule has 0 saturated carbocycles. The molecule has 3 rings (SSSR count). The standard InChI is InChI=1S/C17H21N3O/c1-3-12-21-15-4-5-16-14(13-15)6-9-20(16)10-7-17-18-8-11-19(17)2/h4-6,8-9,11,13H,3,7,10,12H2,1-2H3. The first-order valence-electron chi connectivity index (χ1n) is 7.46. The van der Waals surface area contributed by atoms with Crippen LogP contribution in [-0.2, 0) is 20.0 Å². The predicted molar refractivity (Wildman–Crippen MR) is 84.6 cm³/mol. The Morgan fingerprint density at radius 1 is 1.19 bits per heavy atom. The third-order valence-electron chi connectivity index (χ3n) is 3.71. The number of ether oxygens (including phenoxy) is 1. The molecule has 0 radical (unpaired) electrons. The van der Waals surface area contributed by atoms with Crippen LogP contribution < -0.4 is 4.74 Å².